The van der Waals surface area contributed by atoms with E-state index in [1.807, 2.05) is 0 Å². The highest BCUT2D eigenvalue weighted by molar-refractivity contribution is 5.77. The first-order chi connectivity index (χ1) is 9.79. The molecular weight excluding hydrogens is 252 g/mol. The Morgan fingerprint density at radius 1 is 0.900 bits per heavy atom. The van der Waals surface area contributed by atoms with Crippen molar-refractivity contribution in [3.8, 4) is 0 Å². The van der Waals surface area contributed by atoms with Crippen molar-refractivity contribution in [3.05, 3.63) is 0 Å². The fourth-order valence-corrected chi connectivity index (χ4v) is 2.70. The maximum Gasteiger partial charge on any atom is 0.337 e. The molecule has 2 unspecified atom stereocenters. The molecule has 0 N–H and O–H groups in total. The predicted molar refractivity (Wildman–Crippen MR) is 81.8 cm³/mol. The molecule has 3 heteroatoms. The molecule has 1 aliphatic heterocycles. The quantitative estimate of drug-likeness (QED) is 0.281. The Bertz CT molecular complexity index is 253. The van der Waals surface area contributed by atoms with E-state index in [-0.39, 0.29) is 18.2 Å². The van der Waals surface area contributed by atoms with Gasteiger partial charge in [-0.25, -0.2) is 4.79 Å². The number of carbonyl (C=O) groups is 1. The lowest BCUT2D eigenvalue weighted by Gasteiger charge is -2.02. The van der Waals surface area contributed by atoms with Gasteiger partial charge in [-0.1, -0.05) is 77.6 Å². The normalized spacial score (nSPS) is 20.9. The zero-order valence-electron chi connectivity index (χ0n) is 13.4. The molecule has 3 nitrogen and oxygen atoms in total. The molecule has 0 aromatic rings. The number of unbranched alkanes of at least 4 members (excludes halogenated alkanes) is 10. The third-order valence-electron chi connectivity index (χ3n) is 4.11. The summed E-state index contributed by atoms with van der Waals surface area (Å²) in [7, 11) is 1.42. The number of esters is 1. The maximum atomic E-state index is 11.1. The predicted octanol–water partition coefficient (Wildman–Crippen LogP) is 4.63. The summed E-state index contributed by atoms with van der Waals surface area (Å²) in [6, 6.07) is 0. The lowest BCUT2D eigenvalue weighted by Crippen LogP contribution is -2.11. The molecule has 1 saturated heterocycles. The summed E-state index contributed by atoms with van der Waals surface area (Å²) in [4.78, 5) is 11.1. The molecule has 1 fully saturated rings. The molecule has 0 spiro atoms. The van der Waals surface area contributed by atoms with Gasteiger partial charge in [0.1, 0.15) is 0 Å². The van der Waals surface area contributed by atoms with Crippen LogP contribution in [0.5, 0.6) is 0 Å². The van der Waals surface area contributed by atoms with E-state index in [2.05, 4.69) is 11.7 Å². The second kappa shape index (κ2) is 11.1. The summed E-state index contributed by atoms with van der Waals surface area (Å²) in [5.74, 6) is -0.210. The monoisotopic (exact) mass is 284 g/mol. The summed E-state index contributed by atoms with van der Waals surface area (Å²) in [6.45, 7) is 2.26. The van der Waals surface area contributed by atoms with Crippen LogP contribution >= 0.6 is 0 Å². The Morgan fingerprint density at radius 2 is 1.40 bits per heavy atom. The summed E-state index contributed by atoms with van der Waals surface area (Å²) >= 11 is 0. The van der Waals surface area contributed by atoms with Gasteiger partial charge in [0.25, 0.3) is 0 Å². The van der Waals surface area contributed by atoms with E-state index in [1.165, 1.54) is 77.7 Å². The minimum Gasteiger partial charge on any atom is -0.467 e. The number of rotatable bonds is 13. The van der Waals surface area contributed by atoms with Crippen molar-refractivity contribution in [2.75, 3.05) is 7.11 Å². The highest BCUT2D eigenvalue weighted by Crippen LogP contribution is 2.28. The maximum absolute atomic E-state index is 11.1. The van der Waals surface area contributed by atoms with Crippen LogP contribution in [0.2, 0.25) is 0 Å². The summed E-state index contributed by atoms with van der Waals surface area (Å²) in [5, 5.41) is 0. The SMILES string of the molecule is CCCCCCCCCCCCCC1OC1C(=O)OC. The molecule has 0 aliphatic carbocycles. The summed E-state index contributed by atoms with van der Waals surface area (Å²) in [5.41, 5.74) is 0. The van der Waals surface area contributed by atoms with Crippen LogP contribution in [0, 0.1) is 0 Å². The van der Waals surface area contributed by atoms with Crippen LogP contribution in [0.4, 0.5) is 0 Å². The van der Waals surface area contributed by atoms with Crippen molar-refractivity contribution >= 4 is 5.97 Å². The van der Waals surface area contributed by atoms with Gasteiger partial charge >= 0.3 is 5.97 Å². The van der Waals surface area contributed by atoms with Crippen LogP contribution in [0.15, 0.2) is 0 Å². The molecule has 1 heterocycles. The Balaban J connectivity index is 1.75. The standard InChI is InChI=1S/C17H32O3/c1-3-4-5-6-7-8-9-10-11-12-13-14-15-16(20-15)17(18)19-2/h15-16H,3-14H2,1-2H3. The van der Waals surface area contributed by atoms with Gasteiger partial charge in [-0.05, 0) is 6.42 Å². The van der Waals surface area contributed by atoms with Crippen LogP contribution in [0.1, 0.15) is 84.0 Å². The van der Waals surface area contributed by atoms with E-state index in [0.29, 0.717) is 0 Å². The second-order valence-electron chi connectivity index (χ2n) is 5.94. The lowest BCUT2D eigenvalue weighted by atomic mass is 10.0. The summed E-state index contributed by atoms with van der Waals surface area (Å²) < 4.78 is 9.93. The van der Waals surface area contributed by atoms with Crippen LogP contribution in [-0.2, 0) is 14.3 Å². The zero-order valence-corrected chi connectivity index (χ0v) is 13.4. The van der Waals surface area contributed by atoms with Crippen molar-refractivity contribution in [3.63, 3.8) is 0 Å². The van der Waals surface area contributed by atoms with E-state index in [9.17, 15) is 4.79 Å². The van der Waals surface area contributed by atoms with E-state index in [0.717, 1.165) is 6.42 Å². The van der Waals surface area contributed by atoms with Gasteiger partial charge in [-0.3, -0.25) is 0 Å². The van der Waals surface area contributed by atoms with E-state index in [1.54, 1.807) is 0 Å². The molecular formula is C17H32O3. The number of hydrogen-bond acceptors (Lipinski definition) is 3. The van der Waals surface area contributed by atoms with Crippen LogP contribution in [0.3, 0.4) is 0 Å². The van der Waals surface area contributed by atoms with Crippen LogP contribution in [-0.4, -0.2) is 25.3 Å². The molecule has 0 amide bonds. The lowest BCUT2D eigenvalue weighted by molar-refractivity contribution is -0.142. The van der Waals surface area contributed by atoms with Gasteiger partial charge < -0.3 is 9.47 Å². The fraction of sp³-hybridized carbons (Fsp3) is 0.941. The van der Waals surface area contributed by atoms with E-state index < -0.39 is 0 Å². The van der Waals surface area contributed by atoms with Crippen molar-refractivity contribution in [2.24, 2.45) is 0 Å². The minimum atomic E-state index is -0.261. The first-order valence-corrected chi connectivity index (χ1v) is 8.53. The molecule has 0 radical (unpaired) electrons. The smallest absolute Gasteiger partial charge is 0.337 e. The Labute approximate surface area is 124 Å². The molecule has 118 valence electrons. The zero-order chi connectivity index (χ0) is 14.6. The third-order valence-corrected chi connectivity index (χ3v) is 4.11. The summed E-state index contributed by atoms with van der Waals surface area (Å²) in [6.07, 6.45) is 15.8. The number of epoxide rings is 1. The average molecular weight is 284 g/mol. The van der Waals surface area contributed by atoms with Crippen LogP contribution < -0.4 is 0 Å². The van der Waals surface area contributed by atoms with E-state index >= 15 is 0 Å². The molecule has 20 heavy (non-hydrogen) atoms. The molecule has 2 atom stereocenters. The van der Waals surface area contributed by atoms with Gasteiger partial charge in [0, 0.05) is 0 Å². The topological polar surface area (TPSA) is 38.8 Å². The molecule has 0 aromatic carbocycles. The Morgan fingerprint density at radius 3 is 1.90 bits per heavy atom. The molecule has 0 saturated carbocycles. The molecule has 1 aliphatic rings. The third kappa shape index (κ3) is 7.88. The number of carbonyl (C=O) groups excluding carboxylic acids is 1. The minimum absolute atomic E-state index is 0.140. The first-order valence-electron chi connectivity index (χ1n) is 8.53. The van der Waals surface area contributed by atoms with Crippen molar-refractivity contribution in [1.29, 1.82) is 0 Å². The fourth-order valence-electron chi connectivity index (χ4n) is 2.70. The number of hydrogen-bond donors (Lipinski definition) is 0. The number of ether oxygens (including phenoxy) is 2. The molecule has 0 aromatic heterocycles. The van der Waals surface area contributed by atoms with Crippen LogP contribution in [0.25, 0.3) is 0 Å². The first kappa shape index (κ1) is 17.5. The van der Waals surface area contributed by atoms with Gasteiger partial charge in [-0.15, -0.1) is 0 Å². The average Bonchev–Trinajstić information content (AvgIpc) is 3.23. The Hall–Kier alpha value is -0.570. The van der Waals surface area contributed by atoms with Crippen molar-refractivity contribution in [1.82, 2.24) is 0 Å². The molecule has 0 bridgehead atoms. The highest BCUT2D eigenvalue weighted by Gasteiger charge is 2.45. The van der Waals surface area contributed by atoms with Gasteiger partial charge in [0.2, 0.25) is 0 Å². The molecule has 1 rings (SSSR count). The van der Waals surface area contributed by atoms with Gasteiger partial charge in [0.05, 0.1) is 13.2 Å². The second-order valence-corrected chi connectivity index (χ2v) is 5.94. The Kier molecular flexibility index (Phi) is 9.73. The van der Waals surface area contributed by atoms with Crippen molar-refractivity contribution in [2.45, 2.75) is 96.2 Å². The highest BCUT2D eigenvalue weighted by atomic mass is 16.6. The van der Waals surface area contributed by atoms with Gasteiger partial charge in [-0.2, -0.15) is 0 Å². The van der Waals surface area contributed by atoms with E-state index in [4.69, 9.17) is 4.74 Å². The largest absolute Gasteiger partial charge is 0.467 e. The number of methoxy groups -OCH3 is 1. The van der Waals surface area contributed by atoms with Gasteiger partial charge in [0.15, 0.2) is 6.10 Å². The van der Waals surface area contributed by atoms with Crippen molar-refractivity contribution < 1.29 is 14.3 Å².